The molecule has 0 bridgehead atoms. The van der Waals surface area contributed by atoms with Gasteiger partial charge in [0.1, 0.15) is 11.4 Å². The topological polar surface area (TPSA) is 65.2 Å². The van der Waals surface area contributed by atoms with E-state index in [1.54, 1.807) is 25.4 Å². The zero-order valence-electron chi connectivity index (χ0n) is 13.0. The zero-order chi connectivity index (χ0) is 15.2. The first-order chi connectivity index (χ1) is 9.40. The van der Waals surface area contributed by atoms with E-state index in [-0.39, 0.29) is 11.2 Å². The molecule has 1 heterocycles. The Labute approximate surface area is 121 Å². The fourth-order valence-electron chi connectivity index (χ4n) is 2.40. The van der Waals surface area contributed by atoms with Crippen LogP contribution in [0.25, 0.3) is 0 Å². The Hall–Kier alpha value is -1.42. The molecule has 0 aliphatic rings. The number of Topliss-reactive ketones (excluding diaryl/α,β-unsaturated/α-hetero) is 1. The Balaban J connectivity index is 2.70. The van der Waals surface area contributed by atoms with Gasteiger partial charge in [0, 0.05) is 12.6 Å². The van der Waals surface area contributed by atoms with E-state index in [2.05, 4.69) is 25.8 Å². The van der Waals surface area contributed by atoms with Crippen LogP contribution in [0.3, 0.4) is 0 Å². The van der Waals surface area contributed by atoms with Crippen LogP contribution in [0.5, 0.6) is 5.75 Å². The maximum atomic E-state index is 12.3. The Morgan fingerprint density at radius 1 is 1.40 bits per heavy atom. The number of carbonyl (C=O) groups excluding carboxylic acids is 1. The lowest BCUT2D eigenvalue weighted by atomic mass is 9.76. The highest BCUT2D eigenvalue weighted by Gasteiger charge is 2.25. The van der Waals surface area contributed by atoms with E-state index in [1.165, 1.54) is 0 Å². The molecule has 1 rings (SSSR count). The SMILES string of the molecule is COc1cccnc1C(=O)CCC(CCN)C(C)(C)C. The van der Waals surface area contributed by atoms with Crippen molar-refractivity contribution in [3.8, 4) is 5.75 Å². The van der Waals surface area contributed by atoms with Crippen molar-refractivity contribution in [2.24, 2.45) is 17.1 Å². The molecule has 1 unspecified atom stereocenters. The first kappa shape index (κ1) is 16.6. The van der Waals surface area contributed by atoms with Gasteiger partial charge >= 0.3 is 0 Å². The van der Waals surface area contributed by atoms with Gasteiger partial charge in [0.25, 0.3) is 0 Å². The molecule has 0 amide bonds. The quantitative estimate of drug-likeness (QED) is 0.778. The summed E-state index contributed by atoms with van der Waals surface area (Å²) in [6, 6.07) is 3.53. The smallest absolute Gasteiger partial charge is 0.184 e. The minimum Gasteiger partial charge on any atom is -0.494 e. The number of nitrogens with zero attached hydrogens (tertiary/aromatic N) is 1. The molecule has 0 fully saturated rings. The number of ketones is 1. The number of rotatable bonds is 7. The zero-order valence-corrected chi connectivity index (χ0v) is 13.0. The van der Waals surface area contributed by atoms with Gasteiger partial charge in [-0.05, 0) is 42.9 Å². The highest BCUT2D eigenvalue weighted by Crippen LogP contribution is 2.32. The molecule has 1 aromatic rings. The molecule has 0 aromatic carbocycles. The molecule has 1 aromatic heterocycles. The average Bonchev–Trinajstić information content (AvgIpc) is 2.41. The molecule has 112 valence electrons. The van der Waals surface area contributed by atoms with Crippen molar-refractivity contribution in [1.82, 2.24) is 4.98 Å². The van der Waals surface area contributed by atoms with E-state index in [9.17, 15) is 4.79 Å². The summed E-state index contributed by atoms with van der Waals surface area (Å²) in [5, 5.41) is 0. The van der Waals surface area contributed by atoms with Crippen LogP contribution >= 0.6 is 0 Å². The summed E-state index contributed by atoms with van der Waals surface area (Å²) in [6.45, 7) is 7.24. The number of hydrogen-bond acceptors (Lipinski definition) is 4. The molecule has 1 atom stereocenters. The van der Waals surface area contributed by atoms with Crippen molar-refractivity contribution >= 4 is 5.78 Å². The predicted molar refractivity (Wildman–Crippen MR) is 81.0 cm³/mol. The number of nitrogens with two attached hydrogens (primary N) is 1. The fraction of sp³-hybridized carbons (Fsp3) is 0.625. The van der Waals surface area contributed by atoms with Crippen molar-refractivity contribution in [2.45, 2.75) is 40.0 Å². The lowest BCUT2D eigenvalue weighted by Crippen LogP contribution is -2.24. The Bertz CT molecular complexity index is 438. The van der Waals surface area contributed by atoms with Crippen LogP contribution in [0.1, 0.15) is 50.5 Å². The molecule has 4 nitrogen and oxygen atoms in total. The van der Waals surface area contributed by atoms with Crippen LogP contribution in [0, 0.1) is 11.3 Å². The summed E-state index contributed by atoms with van der Waals surface area (Å²) < 4.78 is 5.18. The second kappa shape index (κ2) is 7.39. The lowest BCUT2D eigenvalue weighted by Gasteiger charge is -2.30. The van der Waals surface area contributed by atoms with Gasteiger partial charge < -0.3 is 10.5 Å². The summed E-state index contributed by atoms with van der Waals surface area (Å²) in [5.74, 6) is 1.02. The maximum Gasteiger partial charge on any atom is 0.184 e. The number of pyridine rings is 1. The third-order valence-electron chi connectivity index (χ3n) is 3.71. The summed E-state index contributed by atoms with van der Waals surface area (Å²) in [5.41, 5.74) is 6.26. The summed E-state index contributed by atoms with van der Waals surface area (Å²) in [7, 11) is 1.56. The van der Waals surface area contributed by atoms with Crippen molar-refractivity contribution in [3.63, 3.8) is 0 Å². The molecule has 2 N–H and O–H groups in total. The standard InChI is InChI=1S/C16H26N2O2/c1-16(2,3)12(9-10-17)7-8-13(19)15-14(20-4)6-5-11-18-15/h5-6,11-12H,7-10,17H2,1-4H3. The normalized spacial score (nSPS) is 13.1. The number of ether oxygens (including phenoxy) is 1. The molecule has 0 saturated heterocycles. The van der Waals surface area contributed by atoms with Crippen LogP contribution in [0.2, 0.25) is 0 Å². The van der Waals surface area contributed by atoms with Gasteiger partial charge in [-0.15, -0.1) is 0 Å². The molecule has 0 radical (unpaired) electrons. The average molecular weight is 278 g/mol. The van der Waals surface area contributed by atoms with Crippen molar-refractivity contribution < 1.29 is 9.53 Å². The van der Waals surface area contributed by atoms with Crippen molar-refractivity contribution in [2.75, 3.05) is 13.7 Å². The van der Waals surface area contributed by atoms with E-state index >= 15 is 0 Å². The molecule has 4 heteroatoms. The second-order valence-electron chi connectivity index (χ2n) is 6.16. The number of carbonyl (C=O) groups is 1. The summed E-state index contributed by atoms with van der Waals surface area (Å²) in [6.07, 6.45) is 3.88. The van der Waals surface area contributed by atoms with Gasteiger partial charge in [-0.1, -0.05) is 20.8 Å². The highest BCUT2D eigenvalue weighted by atomic mass is 16.5. The Morgan fingerprint density at radius 3 is 2.65 bits per heavy atom. The molecular weight excluding hydrogens is 252 g/mol. The third kappa shape index (κ3) is 4.60. The third-order valence-corrected chi connectivity index (χ3v) is 3.71. The number of methoxy groups -OCH3 is 1. The van der Waals surface area contributed by atoms with Crippen LogP contribution < -0.4 is 10.5 Å². The molecule has 0 aliphatic carbocycles. The van der Waals surface area contributed by atoms with E-state index in [4.69, 9.17) is 10.5 Å². The first-order valence-corrected chi connectivity index (χ1v) is 7.12. The van der Waals surface area contributed by atoms with E-state index in [0.29, 0.717) is 30.3 Å². The molecule has 0 aliphatic heterocycles. The van der Waals surface area contributed by atoms with Crippen molar-refractivity contribution in [3.05, 3.63) is 24.0 Å². The van der Waals surface area contributed by atoms with Crippen LogP contribution in [0.15, 0.2) is 18.3 Å². The minimum absolute atomic E-state index is 0.0359. The van der Waals surface area contributed by atoms with Crippen LogP contribution in [0.4, 0.5) is 0 Å². The maximum absolute atomic E-state index is 12.3. The van der Waals surface area contributed by atoms with Gasteiger partial charge in [0.15, 0.2) is 5.78 Å². The van der Waals surface area contributed by atoms with Gasteiger partial charge in [-0.3, -0.25) is 4.79 Å². The molecule has 20 heavy (non-hydrogen) atoms. The van der Waals surface area contributed by atoms with Crippen LogP contribution in [-0.2, 0) is 0 Å². The first-order valence-electron chi connectivity index (χ1n) is 7.12. The highest BCUT2D eigenvalue weighted by molar-refractivity contribution is 5.96. The Morgan fingerprint density at radius 2 is 2.10 bits per heavy atom. The minimum atomic E-state index is 0.0359. The number of aromatic nitrogens is 1. The predicted octanol–water partition coefficient (Wildman–Crippen LogP) is 3.06. The van der Waals surface area contributed by atoms with E-state index in [1.807, 2.05) is 0 Å². The van der Waals surface area contributed by atoms with Crippen molar-refractivity contribution in [1.29, 1.82) is 0 Å². The van der Waals surface area contributed by atoms with Gasteiger partial charge in [0.2, 0.25) is 0 Å². The largest absolute Gasteiger partial charge is 0.494 e. The van der Waals surface area contributed by atoms with Gasteiger partial charge in [0.05, 0.1) is 7.11 Å². The number of hydrogen-bond donors (Lipinski definition) is 1. The van der Waals surface area contributed by atoms with Gasteiger partial charge in [-0.25, -0.2) is 4.98 Å². The van der Waals surface area contributed by atoms with E-state index in [0.717, 1.165) is 12.8 Å². The second-order valence-corrected chi connectivity index (χ2v) is 6.16. The molecule has 0 saturated carbocycles. The van der Waals surface area contributed by atoms with E-state index < -0.39 is 0 Å². The fourth-order valence-corrected chi connectivity index (χ4v) is 2.40. The molecular formula is C16H26N2O2. The van der Waals surface area contributed by atoms with Crippen LogP contribution in [-0.4, -0.2) is 24.4 Å². The summed E-state index contributed by atoms with van der Waals surface area (Å²) in [4.78, 5) is 16.4. The summed E-state index contributed by atoms with van der Waals surface area (Å²) >= 11 is 0. The monoisotopic (exact) mass is 278 g/mol. The van der Waals surface area contributed by atoms with Gasteiger partial charge in [-0.2, -0.15) is 0 Å². The lowest BCUT2D eigenvalue weighted by molar-refractivity contribution is 0.0949. The Kier molecular flexibility index (Phi) is 6.14. The molecule has 0 spiro atoms.